The summed E-state index contributed by atoms with van der Waals surface area (Å²) < 4.78 is 1.61. The van der Waals surface area contributed by atoms with Crippen LogP contribution in [0.15, 0.2) is 27.1 Å². The number of nitrogens with one attached hydrogen (secondary N) is 1. The predicted molar refractivity (Wildman–Crippen MR) is 91.2 cm³/mol. The number of amides is 2. The number of hydrogen-bond acceptors (Lipinski definition) is 2. The smallest absolute Gasteiger partial charge is 0.252 e. The molecular weight excluding hydrogens is 400 g/mol. The third kappa shape index (κ3) is 5.79. The third-order valence-corrected chi connectivity index (χ3v) is 3.79. The topological polar surface area (TPSA) is 49.4 Å². The van der Waals surface area contributed by atoms with Crippen LogP contribution in [0.3, 0.4) is 0 Å². The average molecular weight is 420 g/mol. The molecule has 0 aliphatic heterocycles. The Morgan fingerprint density at radius 1 is 1.14 bits per heavy atom. The fraction of sp³-hybridized carbons (Fsp3) is 0.467. The van der Waals surface area contributed by atoms with E-state index in [4.69, 9.17) is 0 Å². The second-order valence-corrected chi connectivity index (χ2v) is 7.38. The number of benzene rings is 1. The molecule has 0 aromatic heterocycles. The zero-order valence-electron chi connectivity index (χ0n) is 12.6. The van der Waals surface area contributed by atoms with E-state index in [9.17, 15) is 9.59 Å². The van der Waals surface area contributed by atoms with Crippen molar-refractivity contribution in [2.24, 2.45) is 5.92 Å². The Bertz CT molecular complexity index is 510. The maximum absolute atomic E-state index is 12.3. The van der Waals surface area contributed by atoms with Crippen molar-refractivity contribution in [1.29, 1.82) is 0 Å². The molecule has 0 radical (unpaired) electrons. The van der Waals surface area contributed by atoms with Crippen molar-refractivity contribution in [3.8, 4) is 0 Å². The zero-order valence-corrected chi connectivity index (χ0v) is 15.8. The van der Waals surface area contributed by atoms with Gasteiger partial charge >= 0.3 is 0 Å². The molecule has 0 aliphatic carbocycles. The zero-order chi connectivity index (χ0) is 16.2. The van der Waals surface area contributed by atoms with Gasteiger partial charge in [0.05, 0.1) is 0 Å². The van der Waals surface area contributed by atoms with Crippen LogP contribution in [0.25, 0.3) is 0 Å². The minimum absolute atomic E-state index is 0.0916. The van der Waals surface area contributed by atoms with Crippen LogP contribution in [0.2, 0.25) is 0 Å². The predicted octanol–water partition coefficient (Wildman–Crippen LogP) is 3.44. The van der Waals surface area contributed by atoms with E-state index in [-0.39, 0.29) is 11.8 Å². The SMILES string of the molecule is CC(C)CC(NC(=O)c1cc(Br)cc(Br)c1)C(=O)N(C)C. The maximum Gasteiger partial charge on any atom is 0.252 e. The molecule has 1 aromatic carbocycles. The minimum atomic E-state index is -0.509. The van der Waals surface area contributed by atoms with E-state index in [1.54, 1.807) is 26.2 Å². The monoisotopic (exact) mass is 418 g/mol. The number of hydrogen-bond donors (Lipinski definition) is 1. The van der Waals surface area contributed by atoms with Gasteiger partial charge in [-0.2, -0.15) is 0 Å². The first-order valence-electron chi connectivity index (χ1n) is 6.68. The molecule has 0 heterocycles. The van der Waals surface area contributed by atoms with Gasteiger partial charge in [0.2, 0.25) is 5.91 Å². The molecule has 1 aromatic rings. The summed E-state index contributed by atoms with van der Waals surface area (Å²) in [6, 6.07) is 4.80. The van der Waals surface area contributed by atoms with Crippen LogP contribution < -0.4 is 5.32 Å². The van der Waals surface area contributed by atoms with E-state index < -0.39 is 6.04 Å². The van der Waals surface area contributed by atoms with Crippen molar-refractivity contribution in [1.82, 2.24) is 10.2 Å². The number of carbonyl (C=O) groups is 2. The van der Waals surface area contributed by atoms with Crippen molar-refractivity contribution in [3.63, 3.8) is 0 Å². The molecule has 0 spiro atoms. The summed E-state index contributed by atoms with van der Waals surface area (Å²) in [5.41, 5.74) is 0.511. The molecule has 1 atom stereocenters. The lowest BCUT2D eigenvalue weighted by Gasteiger charge is -2.23. The first-order valence-corrected chi connectivity index (χ1v) is 8.27. The van der Waals surface area contributed by atoms with Crippen LogP contribution in [0.5, 0.6) is 0 Å². The van der Waals surface area contributed by atoms with Crippen molar-refractivity contribution in [2.45, 2.75) is 26.3 Å². The summed E-state index contributed by atoms with van der Waals surface area (Å²) >= 11 is 6.71. The van der Waals surface area contributed by atoms with Crippen LogP contribution in [0.1, 0.15) is 30.6 Å². The molecule has 0 aliphatic rings. The summed E-state index contributed by atoms with van der Waals surface area (Å²) in [6.07, 6.45) is 0.609. The molecule has 0 saturated heterocycles. The summed E-state index contributed by atoms with van der Waals surface area (Å²) in [6.45, 7) is 4.05. The van der Waals surface area contributed by atoms with Gasteiger partial charge in [0, 0.05) is 28.6 Å². The normalized spacial score (nSPS) is 12.1. The highest BCUT2D eigenvalue weighted by atomic mass is 79.9. The Kier molecular flexibility index (Phi) is 6.87. The van der Waals surface area contributed by atoms with E-state index >= 15 is 0 Å². The largest absolute Gasteiger partial charge is 0.347 e. The van der Waals surface area contributed by atoms with Crippen LogP contribution in [-0.2, 0) is 4.79 Å². The van der Waals surface area contributed by atoms with E-state index in [1.807, 2.05) is 19.9 Å². The second kappa shape index (κ2) is 7.94. The minimum Gasteiger partial charge on any atom is -0.347 e. The maximum atomic E-state index is 12.3. The first kappa shape index (κ1) is 18.2. The Hall–Kier alpha value is -0.880. The van der Waals surface area contributed by atoms with Gasteiger partial charge in [0.15, 0.2) is 0 Å². The van der Waals surface area contributed by atoms with Crippen molar-refractivity contribution in [2.75, 3.05) is 14.1 Å². The van der Waals surface area contributed by atoms with Crippen molar-refractivity contribution in [3.05, 3.63) is 32.7 Å². The molecule has 1 N–H and O–H groups in total. The van der Waals surface area contributed by atoms with Gasteiger partial charge in [0.1, 0.15) is 6.04 Å². The number of carbonyl (C=O) groups excluding carboxylic acids is 2. The van der Waals surface area contributed by atoms with Crippen LogP contribution in [0.4, 0.5) is 0 Å². The number of likely N-dealkylation sites (N-methyl/N-ethyl adjacent to an activating group) is 1. The van der Waals surface area contributed by atoms with Gasteiger partial charge in [-0.1, -0.05) is 45.7 Å². The Morgan fingerprint density at radius 2 is 1.67 bits per heavy atom. The molecule has 1 unspecified atom stereocenters. The molecule has 0 fully saturated rings. The number of rotatable bonds is 5. The van der Waals surface area contributed by atoms with E-state index in [1.165, 1.54) is 4.90 Å². The lowest BCUT2D eigenvalue weighted by atomic mass is 10.0. The van der Waals surface area contributed by atoms with Gasteiger partial charge in [-0.05, 0) is 30.5 Å². The van der Waals surface area contributed by atoms with Gasteiger partial charge in [-0.3, -0.25) is 9.59 Å². The average Bonchev–Trinajstić information content (AvgIpc) is 2.35. The molecule has 21 heavy (non-hydrogen) atoms. The second-order valence-electron chi connectivity index (χ2n) is 5.55. The van der Waals surface area contributed by atoms with Gasteiger partial charge < -0.3 is 10.2 Å². The van der Waals surface area contributed by atoms with E-state index in [2.05, 4.69) is 37.2 Å². The Morgan fingerprint density at radius 3 is 2.10 bits per heavy atom. The quantitative estimate of drug-likeness (QED) is 0.794. The van der Waals surface area contributed by atoms with Gasteiger partial charge in [-0.15, -0.1) is 0 Å². The van der Waals surface area contributed by atoms with Gasteiger partial charge in [-0.25, -0.2) is 0 Å². The van der Waals surface area contributed by atoms with E-state index in [0.717, 1.165) is 8.95 Å². The van der Waals surface area contributed by atoms with Crippen molar-refractivity contribution >= 4 is 43.7 Å². The van der Waals surface area contributed by atoms with E-state index in [0.29, 0.717) is 17.9 Å². The van der Waals surface area contributed by atoms with Crippen molar-refractivity contribution < 1.29 is 9.59 Å². The lowest BCUT2D eigenvalue weighted by Crippen LogP contribution is -2.46. The standard InChI is InChI=1S/C15H20Br2N2O2/c1-9(2)5-13(15(21)19(3)4)18-14(20)10-6-11(16)8-12(17)7-10/h6-9,13H,5H2,1-4H3,(H,18,20). The fourth-order valence-corrected chi connectivity index (χ4v) is 3.22. The molecule has 0 saturated carbocycles. The van der Waals surface area contributed by atoms with Crippen LogP contribution >= 0.6 is 31.9 Å². The highest BCUT2D eigenvalue weighted by molar-refractivity contribution is 9.11. The highest BCUT2D eigenvalue weighted by Crippen LogP contribution is 2.20. The first-order chi connectivity index (χ1) is 9.70. The Labute approximate surface area is 142 Å². The number of nitrogens with zero attached hydrogens (tertiary/aromatic N) is 1. The molecule has 0 bridgehead atoms. The molecule has 4 nitrogen and oxygen atoms in total. The Balaban J connectivity index is 2.91. The summed E-state index contributed by atoms with van der Waals surface area (Å²) in [7, 11) is 3.38. The molecule has 116 valence electrons. The molecule has 6 heteroatoms. The van der Waals surface area contributed by atoms with Crippen LogP contribution in [0, 0.1) is 5.92 Å². The lowest BCUT2D eigenvalue weighted by molar-refractivity contribution is -0.131. The summed E-state index contributed by atoms with van der Waals surface area (Å²) in [5.74, 6) is -0.0302. The highest BCUT2D eigenvalue weighted by Gasteiger charge is 2.24. The third-order valence-electron chi connectivity index (χ3n) is 2.88. The molecular formula is C15H20Br2N2O2. The molecule has 1 rings (SSSR count). The van der Waals surface area contributed by atoms with Gasteiger partial charge in [0.25, 0.3) is 5.91 Å². The summed E-state index contributed by atoms with van der Waals surface area (Å²) in [4.78, 5) is 26.0. The summed E-state index contributed by atoms with van der Waals surface area (Å²) in [5, 5.41) is 2.83. The number of halogens is 2. The fourth-order valence-electron chi connectivity index (χ4n) is 1.93. The van der Waals surface area contributed by atoms with Crippen LogP contribution in [-0.4, -0.2) is 36.9 Å². The molecule has 2 amide bonds.